The number of hydrogen-bond acceptors (Lipinski definition) is 4. The number of halogens is 2. The molecule has 1 heterocycles. The summed E-state index contributed by atoms with van der Waals surface area (Å²) in [6.45, 7) is 0. The number of hydrogen-bond donors (Lipinski definition) is 1. The molecular formula is C15H14Cl2N2O2. The molecule has 4 nitrogen and oxygen atoms in total. The molecule has 1 saturated carbocycles. The van der Waals surface area contributed by atoms with Crippen molar-refractivity contribution in [3.05, 3.63) is 40.0 Å². The molecule has 1 fully saturated rings. The van der Waals surface area contributed by atoms with Crippen molar-refractivity contribution >= 4 is 28.9 Å². The monoisotopic (exact) mass is 324 g/mol. The van der Waals surface area contributed by atoms with Gasteiger partial charge in [-0.05, 0) is 37.0 Å². The van der Waals surface area contributed by atoms with Gasteiger partial charge in [0.1, 0.15) is 5.75 Å². The molecule has 0 spiro atoms. The molecule has 2 aromatic rings. The molecule has 0 radical (unpaired) electrons. The molecule has 110 valence electrons. The average Bonchev–Trinajstić information content (AvgIpc) is 3.27. The summed E-state index contributed by atoms with van der Waals surface area (Å²) in [6.07, 6.45) is 3.88. The fourth-order valence-electron chi connectivity index (χ4n) is 2.16. The van der Waals surface area contributed by atoms with E-state index in [2.05, 4.69) is 4.98 Å². The van der Waals surface area contributed by atoms with Crippen LogP contribution in [-0.4, -0.2) is 12.1 Å². The number of benzene rings is 1. The second-order valence-electron chi connectivity index (χ2n) is 4.96. The molecule has 2 N–H and O–H groups in total. The van der Waals surface area contributed by atoms with Crippen LogP contribution < -0.4 is 15.2 Å². The predicted octanol–water partition coefficient (Wildman–Crippen LogP) is 4.65. The smallest absolute Gasteiger partial charge is 0.216 e. The van der Waals surface area contributed by atoms with Gasteiger partial charge in [-0.2, -0.15) is 0 Å². The Balaban J connectivity index is 1.93. The maximum Gasteiger partial charge on any atom is 0.216 e. The zero-order valence-corrected chi connectivity index (χ0v) is 12.9. The second-order valence-corrected chi connectivity index (χ2v) is 5.77. The Morgan fingerprint density at radius 3 is 2.43 bits per heavy atom. The lowest BCUT2D eigenvalue weighted by molar-refractivity contribution is 0.389. The highest BCUT2D eigenvalue weighted by atomic mass is 35.5. The Kier molecular flexibility index (Phi) is 3.83. The van der Waals surface area contributed by atoms with Crippen LogP contribution >= 0.6 is 23.2 Å². The molecule has 0 unspecified atom stereocenters. The number of nitrogens with two attached hydrogens (primary N) is 1. The summed E-state index contributed by atoms with van der Waals surface area (Å²) in [5.74, 6) is 2.08. The van der Waals surface area contributed by atoms with E-state index in [1.165, 1.54) is 0 Å². The van der Waals surface area contributed by atoms with E-state index in [4.69, 9.17) is 38.4 Å². The van der Waals surface area contributed by atoms with Crippen LogP contribution in [0.4, 0.5) is 5.69 Å². The minimum Gasteiger partial charge on any atom is -0.481 e. The molecule has 21 heavy (non-hydrogen) atoms. The van der Waals surface area contributed by atoms with Crippen molar-refractivity contribution in [3.63, 3.8) is 0 Å². The fraction of sp³-hybridized carbons (Fsp3) is 0.267. The predicted molar refractivity (Wildman–Crippen MR) is 83.7 cm³/mol. The number of rotatable bonds is 4. The van der Waals surface area contributed by atoms with E-state index in [-0.39, 0.29) is 0 Å². The lowest BCUT2D eigenvalue weighted by Gasteiger charge is -2.12. The first-order valence-corrected chi connectivity index (χ1v) is 7.30. The molecule has 1 aromatic carbocycles. The van der Waals surface area contributed by atoms with Crippen LogP contribution in [0.1, 0.15) is 24.3 Å². The molecule has 6 heteroatoms. The van der Waals surface area contributed by atoms with Gasteiger partial charge < -0.3 is 15.2 Å². The van der Waals surface area contributed by atoms with E-state index in [1.807, 2.05) is 6.07 Å². The maximum atomic E-state index is 6.12. The first-order valence-electron chi connectivity index (χ1n) is 6.54. The van der Waals surface area contributed by atoms with Crippen LogP contribution in [0.15, 0.2) is 24.4 Å². The van der Waals surface area contributed by atoms with Crippen LogP contribution in [0, 0.1) is 0 Å². The van der Waals surface area contributed by atoms with Crippen molar-refractivity contribution in [2.45, 2.75) is 18.8 Å². The van der Waals surface area contributed by atoms with Gasteiger partial charge in [-0.15, -0.1) is 0 Å². The molecule has 1 aliphatic carbocycles. The summed E-state index contributed by atoms with van der Waals surface area (Å²) < 4.78 is 11.1. The average molecular weight is 325 g/mol. The fourth-order valence-corrected chi connectivity index (χ4v) is 2.74. The zero-order valence-electron chi connectivity index (χ0n) is 11.4. The lowest BCUT2D eigenvalue weighted by Crippen LogP contribution is -1.96. The zero-order chi connectivity index (χ0) is 15.0. The second kappa shape index (κ2) is 5.62. The van der Waals surface area contributed by atoms with E-state index in [9.17, 15) is 0 Å². The Labute approximate surface area is 132 Å². The normalized spacial score (nSPS) is 14.0. The van der Waals surface area contributed by atoms with E-state index >= 15 is 0 Å². The molecule has 3 rings (SSSR count). The molecule has 0 aliphatic heterocycles. The van der Waals surface area contributed by atoms with Gasteiger partial charge in [0.15, 0.2) is 5.75 Å². The van der Waals surface area contributed by atoms with Crippen molar-refractivity contribution < 1.29 is 9.47 Å². The molecular weight excluding hydrogens is 311 g/mol. The number of ether oxygens (including phenoxy) is 2. The first-order chi connectivity index (χ1) is 10.1. The van der Waals surface area contributed by atoms with Gasteiger partial charge in [-0.25, -0.2) is 4.98 Å². The topological polar surface area (TPSA) is 57.4 Å². The van der Waals surface area contributed by atoms with Gasteiger partial charge in [-0.1, -0.05) is 23.2 Å². The van der Waals surface area contributed by atoms with Crippen LogP contribution in [0.2, 0.25) is 10.0 Å². The summed E-state index contributed by atoms with van der Waals surface area (Å²) in [4.78, 5) is 4.27. The third kappa shape index (κ3) is 3.01. The van der Waals surface area contributed by atoms with Gasteiger partial charge >= 0.3 is 0 Å². The van der Waals surface area contributed by atoms with Gasteiger partial charge in [-0.3, -0.25) is 0 Å². The quantitative estimate of drug-likeness (QED) is 0.832. The summed E-state index contributed by atoms with van der Waals surface area (Å²) in [5.41, 5.74) is 7.22. The molecule has 0 saturated heterocycles. The molecule has 0 amide bonds. The third-order valence-electron chi connectivity index (χ3n) is 3.30. The highest BCUT2D eigenvalue weighted by Crippen LogP contribution is 2.45. The highest BCUT2D eigenvalue weighted by Gasteiger charge is 2.28. The van der Waals surface area contributed by atoms with Crippen LogP contribution in [0.5, 0.6) is 17.4 Å². The Morgan fingerprint density at radius 2 is 1.86 bits per heavy atom. The van der Waals surface area contributed by atoms with E-state index < -0.39 is 0 Å². The third-order valence-corrected chi connectivity index (χ3v) is 3.87. The minimum atomic E-state index is 0.365. The van der Waals surface area contributed by atoms with E-state index in [0.717, 1.165) is 18.4 Å². The van der Waals surface area contributed by atoms with Crippen LogP contribution in [0.25, 0.3) is 0 Å². The number of pyridine rings is 1. The van der Waals surface area contributed by atoms with Crippen molar-refractivity contribution in [1.82, 2.24) is 4.98 Å². The van der Waals surface area contributed by atoms with Gasteiger partial charge in [0.25, 0.3) is 0 Å². The summed E-state index contributed by atoms with van der Waals surface area (Å²) in [5, 5.41) is 0.729. The maximum absolute atomic E-state index is 6.12. The van der Waals surface area contributed by atoms with Gasteiger partial charge in [0.2, 0.25) is 5.88 Å². The summed E-state index contributed by atoms with van der Waals surface area (Å²) in [7, 11) is 1.61. The number of nitrogens with zero attached hydrogens (tertiary/aromatic N) is 1. The first kappa shape index (κ1) is 14.3. The Hall–Kier alpha value is -1.65. The number of anilines is 1. The van der Waals surface area contributed by atoms with E-state index in [1.54, 1.807) is 25.4 Å². The molecule has 0 atom stereocenters. The van der Waals surface area contributed by atoms with Crippen LogP contribution in [0.3, 0.4) is 0 Å². The number of aromatic nitrogens is 1. The Bertz CT molecular complexity index is 664. The number of nitrogen functional groups attached to an aromatic ring is 1. The SMILES string of the molecule is COc1ncc(Oc2c(Cl)cc(N)cc2Cl)cc1C1CC1. The van der Waals surface area contributed by atoms with Crippen molar-refractivity contribution in [2.75, 3.05) is 12.8 Å². The molecule has 1 aromatic heterocycles. The van der Waals surface area contributed by atoms with Gasteiger partial charge in [0.05, 0.1) is 23.4 Å². The van der Waals surface area contributed by atoms with Gasteiger partial charge in [0, 0.05) is 11.3 Å². The summed E-state index contributed by atoms with van der Waals surface area (Å²) in [6, 6.07) is 5.12. The molecule has 1 aliphatic rings. The molecule has 0 bridgehead atoms. The van der Waals surface area contributed by atoms with Crippen molar-refractivity contribution in [1.29, 1.82) is 0 Å². The largest absolute Gasteiger partial charge is 0.481 e. The lowest BCUT2D eigenvalue weighted by atomic mass is 10.2. The number of methoxy groups -OCH3 is 1. The highest BCUT2D eigenvalue weighted by molar-refractivity contribution is 6.37. The van der Waals surface area contributed by atoms with Crippen molar-refractivity contribution in [2.24, 2.45) is 0 Å². The Morgan fingerprint density at radius 1 is 1.19 bits per heavy atom. The van der Waals surface area contributed by atoms with Crippen molar-refractivity contribution in [3.8, 4) is 17.4 Å². The standard InChI is InChI=1S/C15H14Cl2N2O2/c1-20-15-11(8-2-3-8)6-10(7-19-15)21-14-12(16)4-9(18)5-13(14)17/h4-8H,2-3,18H2,1H3. The van der Waals surface area contributed by atoms with Crippen LogP contribution in [-0.2, 0) is 0 Å². The van der Waals surface area contributed by atoms with E-state index in [0.29, 0.717) is 39.0 Å². The minimum absolute atomic E-state index is 0.365. The summed E-state index contributed by atoms with van der Waals surface area (Å²) >= 11 is 12.2.